The molecule has 0 bridgehead atoms. The molecule has 1 aromatic carbocycles. The van der Waals surface area contributed by atoms with E-state index in [1.165, 1.54) is 19.3 Å². The minimum atomic E-state index is -0.889. The van der Waals surface area contributed by atoms with Crippen LogP contribution in [0.4, 0.5) is 5.69 Å². The number of hydrogen-bond donors (Lipinski definition) is 1. The Hall–Kier alpha value is -0.830. The van der Waals surface area contributed by atoms with E-state index in [4.69, 9.17) is 5.73 Å². The Balaban J connectivity index is 2.55. The Bertz CT molecular complexity index is 363. The zero-order valence-electron chi connectivity index (χ0n) is 10.2. The van der Waals surface area contributed by atoms with Crippen molar-refractivity contribution in [2.24, 2.45) is 0 Å². The smallest absolute Gasteiger partial charge is 0.0532 e. The zero-order valence-corrected chi connectivity index (χ0v) is 11.0. The Morgan fingerprint density at radius 3 is 2.69 bits per heavy atom. The molecule has 0 spiro atoms. The fraction of sp³-hybridized carbons (Fsp3) is 0.538. The number of nitrogens with two attached hydrogens (primary N) is 1. The van der Waals surface area contributed by atoms with E-state index in [1.54, 1.807) is 0 Å². The molecule has 0 aliphatic heterocycles. The van der Waals surface area contributed by atoms with Gasteiger partial charge in [-0.3, -0.25) is 4.21 Å². The van der Waals surface area contributed by atoms with Crippen LogP contribution in [-0.2, 0) is 10.8 Å². The van der Waals surface area contributed by atoms with E-state index in [1.807, 2.05) is 25.1 Å². The molecule has 1 unspecified atom stereocenters. The van der Waals surface area contributed by atoms with Gasteiger partial charge in [-0.1, -0.05) is 32.3 Å². The third-order valence-corrected chi connectivity index (χ3v) is 4.23. The minimum absolute atomic E-state index is 0.697. The molecule has 0 aliphatic carbocycles. The molecule has 0 aromatic heterocycles. The summed E-state index contributed by atoms with van der Waals surface area (Å²) in [5, 5.41) is 0. The van der Waals surface area contributed by atoms with Crippen LogP contribution >= 0.6 is 0 Å². The van der Waals surface area contributed by atoms with E-state index < -0.39 is 10.8 Å². The van der Waals surface area contributed by atoms with Gasteiger partial charge in [-0.05, 0) is 31.0 Å². The van der Waals surface area contributed by atoms with Crippen molar-refractivity contribution < 1.29 is 4.21 Å². The Morgan fingerprint density at radius 1 is 1.25 bits per heavy atom. The second kappa shape index (κ2) is 6.69. The summed E-state index contributed by atoms with van der Waals surface area (Å²) in [5.74, 6) is 0.754. The standard InChI is InChI=1S/C13H21NOS/c1-3-4-5-6-9-16(15)13-10-12(14)8-7-11(13)2/h7-8,10H,3-6,9,14H2,1-2H3. The van der Waals surface area contributed by atoms with Crippen molar-refractivity contribution in [2.75, 3.05) is 11.5 Å². The SMILES string of the molecule is CCCCCCS(=O)c1cc(N)ccc1C. The summed E-state index contributed by atoms with van der Waals surface area (Å²) in [7, 11) is -0.889. The van der Waals surface area contributed by atoms with E-state index in [9.17, 15) is 4.21 Å². The molecule has 0 saturated heterocycles. The van der Waals surface area contributed by atoms with Crippen LogP contribution < -0.4 is 5.73 Å². The minimum Gasteiger partial charge on any atom is -0.399 e. The van der Waals surface area contributed by atoms with Crippen LogP contribution in [0.3, 0.4) is 0 Å². The number of rotatable bonds is 6. The number of benzene rings is 1. The lowest BCUT2D eigenvalue weighted by atomic mass is 10.2. The number of anilines is 1. The second-order valence-electron chi connectivity index (χ2n) is 4.14. The first kappa shape index (κ1) is 13.2. The molecule has 1 atom stereocenters. The number of aryl methyl sites for hydroxylation is 1. The van der Waals surface area contributed by atoms with Gasteiger partial charge in [0.2, 0.25) is 0 Å². The summed E-state index contributed by atoms with van der Waals surface area (Å²) in [5.41, 5.74) is 7.48. The molecule has 0 amide bonds. The monoisotopic (exact) mass is 239 g/mol. The quantitative estimate of drug-likeness (QED) is 0.611. The lowest BCUT2D eigenvalue weighted by Gasteiger charge is -2.06. The lowest BCUT2D eigenvalue weighted by molar-refractivity contribution is 0.668. The van der Waals surface area contributed by atoms with Crippen molar-refractivity contribution >= 4 is 16.5 Å². The zero-order chi connectivity index (χ0) is 12.0. The lowest BCUT2D eigenvalue weighted by Crippen LogP contribution is -2.01. The number of hydrogen-bond acceptors (Lipinski definition) is 2. The van der Waals surface area contributed by atoms with Crippen molar-refractivity contribution in [3.8, 4) is 0 Å². The predicted molar refractivity (Wildman–Crippen MR) is 71.0 cm³/mol. The second-order valence-corrected chi connectivity index (χ2v) is 5.67. The summed E-state index contributed by atoms with van der Waals surface area (Å²) < 4.78 is 12.0. The van der Waals surface area contributed by atoms with Gasteiger partial charge in [0.25, 0.3) is 0 Å². The molecule has 3 heteroatoms. The van der Waals surface area contributed by atoms with Gasteiger partial charge >= 0.3 is 0 Å². The van der Waals surface area contributed by atoms with Gasteiger partial charge in [-0.2, -0.15) is 0 Å². The Labute approximate surface area is 101 Å². The van der Waals surface area contributed by atoms with Gasteiger partial charge in [0.15, 0.2) is 0 Å². The summed E-state index contributed by atoms with van der Waals surface area (Å²) in [6, 6.07) is 5.63. The first-order chi connectivity index (χ1) is 7.65. The Kier molecular flexibility index (Phi) is 5.53. The maximum Gasteiger partial charge on any atom is 0.0532 e. The predicted octanol–water partition coefficient (Wildman–Crippen LogP) is 3.27. The van der Waals surface area contributed by atoms with Crippen LogP contribution in [0.1, 0.15) is 38.2 Å². The van der Waals surface area contributed by atoms with Crippen molar-refractivity contribution in [1.29, 1.82) is 0 Å². The van der Waals surface area contributed by atoms with Crippen LogP contribution in [-0.4, -0.2) is 9.96 Å². The largest absolute Gasteiger partial charge is 0.399 e. The molecular weight excluding hydrogens is 218 g/mol. The molecule has 0 aliphatic rings. The van der Waals surface area contributed by atoms with E-state index in [0.717, 1.165) is 22.6 Å². The van der Waals surface area contributed by atoms with Crippen molar-refractivity contribution in [1.82, 2.24) is 0 Å². The molecule has 0 radical (unpaired) electrons. The molecule has 1 rings (SSSR count). The van der Waals surface area contributed by atoms with E-state index in [2.05, 4.69) is 6.92 Å². The van der Waals surface area contributed by atoms with Crippen molar-refractivity contribution in [3.63, 3.8) is 0 Å². The van der Waals surface area contributed by atoms with Crippen LogP contribution in [0.2, 0.25) is 0 Å². The average molecular weight is 239 g/mol. The highest BCUT2D eigenvalue weighted by atomic mass is 32.2. The van der Waals surface area contributed by atoms with Gasteiger partial charge in [-0.15, -0.1) is 0 Å². The molecule has 0 heterocycles. The topological polar surface area (TPSA) is 43.1 Å². The highest BCUT2D eigenvalue weighted by Crippen LogP contribution is 2.17. The van der Waals surface area contributed by atoms with Gasteiger partial charge in [-0.25, -0.2) is 0 Å². The van der Waals surface area contributed by atoms with Gasteiger partial charge in [0.05, 0.1) is 10.8 Å². The number of unbranched alkanes of at least 4 members (excludes halogenated alkanes) is 3. The van der Waals surface area contributed by atoms with Crippen molar-refractivity contribution in [2.45, 2.75) is 44.4 Å². The number of nitrogen functional groups attached to an aromatic ring is 1. The maximum atomic E-state index is 12.0. The van der Waals surface area contributed by atoms with E-state index in [-0.39, 0.29) is 0 Å². The molecule has 0 saturated carbocycles. The third-order valence-electron chi connectivity index (χ3n) is 2.64. The van der Waals surface area contributed by atoms with Gasteiger partial charge in [0.1, 0.15) is 0 Å². The van der Waals surface area contributed by atoms with Crippen LogP contribution in [0.25, 0.3) is 0 Å². The summed E-state index contributed by atoms with van der Waals surface area (Å²) in [6.45, 7) is 4.16. The molecular formula is C13H21NOS. The van der Waals surface area contributed by atoms with Crippen LogP contribution in [0, 0.1) is 6.92 Å². The maximum absolute atomic E-state index is 12.0. The summed E-state index contributed by atoms with van der Waals surface area (Å²) in [4.78, 5) is 0.900. The fourth-order valence-electron chi connectivity index (χ4n) is 1.63. The van der Waals surface area contributed by atoms with Crippen LogP contribution in [0.15, 0.2) is 23.1 Å². The van der Waals surface area contributed by atoms with Gasteiger partial charge < -0.3 is 5.73 Å². The third kappa shape index (κ3) is 3.97. The van der Waals surface area contributed by atoms with Crippen LogP contribution in [0.5, 0.6) is 0 Å². The molecule has 90 valence electrons. The average Bonchev–Trinajstić information content (AvgIpc) is 2.27. The van der Waals surface area contributed by atoms with Gasteiger partial charge in [0, 0.05) is 16.3 Å². The normalized spacial score (nSPS) is 12.6. The van der Waals surface area contributed by atoms with E-state index >= 15 is 0 Å². The molecule has 1 aromatic rings. The first-order valence-corrected chi connectivity index (χ1v) is 7.21. The first-order valence-electron chi connectivity index (χ1n) is 5.89. The molecule has 2 nitrogen and oxygen atoms in total. The van der Waals surface area contributed by atoms with Crippen molar-refractivity contribution in [3.05, 3.63) is 23.8 Å². The van der Waals surface area contributed by atoms with E-state index in [0.29, 0.717) is 5.69 Å². The molecule has 16 heavy (non-hydrogen) atoms. The highest BCUT2D eigenvalue weighted by molar-refractivity contribution is 7.85. The molecule has 2 N–H and O–H groups in total. The summed E-state index contributed by atoms with van der Waals surface area (Å²) in [6.07, 6.45) is 4.65. The summed E-state index contributed by atoms with van der Waals surface area (Å²) >= 11 is 0. The Morgan fingerprint density at radius 2 is 2.00 bits per heavy atom. The molecule has 0 fully saturated rings. The fourth-order valence-corrected chi connectivity index (χ4v) is 3.01. The highest BCUT2D eigenvalue weighted by Gasteiger charge is 2.07.